The molecule has 244 valence electrons. The van der Waals surface area contributed by atoms with E-state index in [1.54, 1.807) is 6.08 Å². The minimum absolute atomic E-state index is 0.0771. The fraction of sp³-hybridized carbons (Fsp3) is 0.0652. The van der Waals surface area contributed by atoms with E-state index in [0.29, 0.717) is 12.8 Å². The molecular formula is C46H31FN2S2. The molecule has 1 unspecified atom stereocenters. The molecule has 51 heavy (non-hydrogen) atoms. The fourth-order valence-corrected chi connectivity index (χ4v) is 9.61. The first kappa shape index (κ1) is 30.2. The average Bonchev–Trinajstić information content (AvgIpc) is 3.76. The molecular weight excluding hydrogens is 664 g/mol. The van der Waals surface area contributed by atoms with Crippen LogP contribution in [0.2, 0.25) is 0 Å². The van der Waals surface area contributed by atoms with Crippen LogP contribution in [0.3, 0.4) is 0 Å². The molecule has 2 aromatic heterocycles. The third kappa shape index (κ3) is 5.50. The fourth-order valence-electron chi connectivity index (χ4n) is 7.44. The SMILES string of the molecule is FC1=CC=C(C2=CC(c3cc(-c4ccc5sc6ccccc6c5c4)cc(-c4ccc5sc6ccccc6c5c4)c3)N=C(c3ccccc3)N2)CC1. The number of rotatable bonds is 5. The van der Waals surface area contributed by atoms with Gasteiger partial charge in [-0.1, -0.05) is 84.9 Å². The molecule has 0 saturated heterocycles. The largest absolute Gasteiger partial charge is 0.340 e. The van der Waals surface area contributed by atoms with Crippen molar-refractivity contribution in [2.75, 3.05) is 0 Å². The highest BCUT2D eigenvalue weighted by atomic mass is 32.1. The number of benzene rings is 6. The van der Waals surface area contributed by atoms with Gasteiger partial charge in [0.05, 0.1) is 6.04 Å². The highest BCUT2D eigenvalue weighted by Gasteiger charge is 2.23. The number of hydrogen-bond donors (Lipinski definition) is 1. The van der Waals surface area contributed by atoms with E-state index < -0.39 is 0 Å². The minimum Gasteiger partial charge on any atom is -0.340 e. The summed E-state index contributed by atoms with van der Waals surface area (Å²) in [4.78, 5) is 5.33. The van der Waals surface area contributed by atoms with Gasteiger partial charge in [-0.3, -0.25) is 4.99 Å². The predicted octanol–water partition coefficient (Wildman–Crippen LogP) is 13.3. The summed E-state index contributed by atoms with van der Waals surface area (Å²) < 4.78 is 19.3. The molecule has 10 rings (SSSR count). The van der Waals surface area contributed by atoms with Crippen molar-refractivity contribution in [2.24, 2.45) is 4.99 Å². The molecule has 3 heterocycles. The van der Waals surface area contributed by atoms with Crippen LogP contribution in [0.15, 0.2) is 174 Å². The number of nitrogens with one attached hydrogen (secondary N) is 1. The summed E-state index contributed by atoms with van der Waals surface area (Å²) in [5.74, 6) is 0.741. The summed E-state index contributed by atoms with van der Waals surface area (Å²) in [6.07, 6.45) is 6.77. The van der Waals surface area contributed by atoms with Gasteiger partial charge in [-0.25, -0.2) is 4.39 Å². The Hall–Kier alpha value is -5.62. The maximum atomic E-state index is 14.1. The van der Waals surface area contributed by atoms with Crippen molar-refractivity contribution in [1.29, 1.82) is 0 Å². The number of allylic oxidation sites excluding steroid dienone is 4. The molecule has 0 bridgehead atoms. The number of hydrogen-bond acceptors (Lipinski definition) is 4. The summed E-state index contributed by atoms with van der Waals surface area (Å²) in [7, 11) is 0. The average molecular weight is 695 g/mol. The van der Waals surface area contributed by atoms with Crippen molar-refractivity contribution in [3.8, 4) is 22.3 Å². The number of aliphatic imine (C=N–C) groups is 1. The van der Waals surface area contributed by atoms with Crippen LogP contribution in [-0.4, -0.2) is 5.84 Å². The second kappa shape index (κ2) is 12.3. The molecule has 0 saturated carbocycles. The molecule has 1 atom stereocenters. The van der Waals surface area contributed by atoms with Crippen LogP contribution in [0.1, 0.15) is 30.0 Å². The van der Waals surface area contributed by atoms with E-state index in [1.165, 1.54) is 51.5 Å². The van der Waals surface area contributed by atoms with Crippen molar-refractivity contribution in [3.05, 3.63) is 180 Å². The molecule has 1 N–H and O–H groups in total. The highest BCUT2D eigenvalue weighted by Crippen LogP contribution is 2.41. The molecule has 8 aromatic rings. The zero-order valence-electron chi connectivity index (χ0n) is 27.6. The minimum atomic E-state index is -0.247. The maximum Gasteiger partial charge on any atom is 0.133 e. The summed E-state index contributed by atoms with van der Waals surface area (Å²) >= 11 is 3.68. The van der Waals surface area contributed by atoms with E-state index in [1.807, 2.05) is 46.9 Å². The lowest BCUT2D eigenvalue weighted by Crippen LogP contribution is -2.29. The number of nitrogens with zero attached hydrogens (tertiary/aromatic N) is 1. The van der Waals surface area contributed by atoms with Gasteiger partial charge in [0.25, 0.3) is 0 Å². The maximum absolute atomic E-state index is 14.1. The summed E-state index contributed by atoms with van der Waals surface area (Å²) in [5, 5.41) is 8.75. The Morgan fingerprint density at radius 1 is 0.529 bits per heavy atom. The van der Waals surface area contributed by atoms with Gasteiger partial charge in [-0.15, -0.1) is 22.7 Å². The summed E-state index contributed by atoms with van der Waals surface area (Å²) in [6.45, 7) is 0. The number of fused-ring (bicyclic) bond motifs is 6. The Labute approximate surface area is 303 Å². The van der Waals surface area contributed by atoms with Gasteiger partial charge in [0.15, 0.2) is 0 Å². The normalized spacial score (nSPS) is 16.2. The van der Waals surface area contributed by atoms with Crippen molar-refractivity contribution in [3.63, 3.8) is 0 Å². The Bertz CT molecular complexity index is 2670. The second-order valence-electron chi connectivity index (χ2n) is 13.3. The van der Waals surface area contributed by atoms with Gasteiger partial charge in [0, 0.05) is 58.0 Å². The van der Waals surface area contributed by atoms with E-state index in [2.05, 4.69) is 127 Å². The van der Waals surface area contributed by atoms with Gasteiger partial charge < -0.3 is 5.32 Å². The van der Waals surface area contributed by atoms with E-state index in [9.17, 15) is 4.39 Å². The molecule has 2 aliphatic rings. The van der Waals surface area contributed by atoms with E-state index >= 15 is 0 Å². The molecule has 0 fully saturated rings. The van der Waals surface area contributed by atoms with Crippen LogP contribution < -0.4 is 5.32 Å². The summed E-state index contributed by atoms with van der Waals surface area (Å²) in [6, 6.07) is 48.1. The van der Waals surface area contributed by atoms with Crippen molar-refractivity contribution in [1.82, 2.24) is 5.32 Å². The number of halogens is 1. The van der Waals surface area contributed by atoms with Crippen LogP contribution in [0, 0.1) is 0 Å². The quantitative estimate of drug-likeness (QED) is 0.191. The smallest absolute Gasteiger partial charge is 0.133 e. The molecule has 2 nitrogen and oxygen atoms in total. The first-order valence-electron chi connectivity index (χ1n) is 17.3. The lowest BCUT2D eigenvalue weighted by molar-refractivity contribution is 0.582. The Kier molecular flexibility index (Phi) is 7.29. The number of amidine groups is 1. The van der Waals surface area contributed by atoms with Crippen LogP contribution >= 0.6 is 22.7 Å². The van der Waals surface area contributed by atoms with Crippen LogP contribution in [0.5, 0.6) is 0 Å². The molecule has 1 aliphatic carbocycles. The van der Waals surface area contributed by atoms with Crippen molar-refractivity contribution >= 4 is 68.9 Å². The number of thiophene rings is 2. The summed E-state index contributed by atoms with van der Waals surface area (Å²) in [5.41, 5.74) is 8.87. The third-order valence-corrected chi connectivity index (χ3v) is 12.4. The predicted molar refractivity (Wildman–Crippen MR) is 217 cm³/mol. The lowest BCUT2D eigenvalue weighted by Gasteiger charge is -2.26. The first-order valence-corrected chi connectivity index (χ1v) is 18.9. The van der Waals surface area contributed by atoms with Crippen molar-refractivity contribution < 1.29 is 4.39 Å². The zero-order valence-corrected chi connectivity index (χ0v) is 29.2. The van der Waals surface area contributed by atoms with Gasteiger partial charge in [-0.2, -0.15) is 0 Å². The van der Waals surface area contributed by atoms with Crippen LogP contribution in [-0.2, 0) is 0 Å². The molecule has 5 heteroatoms. The second-order valence-corrected chi connectivity index (χ2v) is 15.4. The van der Waals surface area contributed by atoms with E-state index in [4.69, 9.17) is 4.99 Å². The van der Waals surface area contributed by atoms with Gasteiger partial charge in [-0.05, 0) is 107 Å². The highest BCUT2D eigenvalue weighted by molar-refractivity contribution is 7.26. The van der Waals surface area contributed by atoms with Crippen molar-refractivity contribution in [2.45, 2.75) is 18.9 Å². The standard InChI is InChI=1S/C46H31FN2S2/c47-35-18-14-28(15-19-35)40-27-41(49-46(48-40)29-8-2-1-3-9-29)34-23-32(30-16-20-44-38(25-30)36-10-4-6-12-42(36)50-44)22-33(24-34)31-17-21-45-39(26-31)37-11-5-7-13-43(37)51-45/h1-14,16-18,20-27,41H,15,19H2,(H,48,49). The Morgan fingerprint density at radius 3 is 1.73 bits per heavy atom. The third-order valence-electron chi connectivity index (χ3n) is 10.1. The zero-order chi connectivity index (χ0) is 33.9. The Balaban J connectivity index is 1.18. The first-order chi connectivity index (χ1) is 25.1. The molecule has 6 aromatic carbocycles. The molecule has 1 aliphatic heterocycles. The Morgan fingerprint density at radius 2 is 1.12 bits per heavy atom. The van der Waals surface area contributed by atoms with Gasteiger partial charge in [0.2, 0.25) is 0 Å². The van der Waals surface area contributed by atoms with E-state index in [-0.39, 0.29) is 11.9 Å². The molecule has 0 amide bonds. The topological polar surface area (TPSA) is 24.4 Å². The lowest BCUT2D eigenvalue weighted by atomic mass is 9.91. The van der Waals surface area contributed by atoms with Gasteiger partial charge in [0.1, 0.15) is 11.7 Å². The van der Waals surface area contributed by atoms with E-state index in [0.717, 1.165) is 39.4 Å². The van der Waals surface area contributed by atoms with Crippen LogP contribution in [0.4, 0.5) is 4.39 Å². The molecule has 0 spiro atoms. The molecule has 0 radical (unpaired) electrons. The van der Waals surface area contributed by atoms with Gasteiger partial charge >= 0.3 is 0 Å². The van der Waals surface area contributed by atoms with Crippen LogP contribution in [0.25, 0.3) is 62.6 Å². The monoisotopic (exact) mass is 694 g/mol.